The Morgan fingerprint density at radius 2 is 2.17 bits per heavy atom. The van der Waals surface area contributed by atoms with Gasteiger partial charge < -0.3 is 9.64 Å². The number of rotatable bonds is 3. The summed E-state index contributed by atoms with van der Waals surface area (Å²) in [4.78, 5) is 2.27. The molecule has 96 valence electrons. The first kappa shape index (κ1) is 12.8. The number of nitriles is 1. The molecule has 0 aliphatic carbocycles. The summed E-state index contributed by atoms with van der Waals surface area (Å²) in [5, 5.41) is 9.06. The van der Waals surface area contributed by atoms with E-state index in [1.54, 1.807) is 0 Å². The zero-order valence-electron chi connectivity index (χ0n) is 11.1. The first-order valence-electron chi connectivity index (χ1n) is 6.61. The number of benzene rings is 1. The molecule has 1 saturated heterocycles. The maximum Gasteiger partial charge on any atom is 0.142 e. The molecule has 1 fully saturated rings. The molecule has 0 N–H and O–H groups in total. The third-order valence-corrected chi connectivity index (χ3v) is 3.17. The average Bonchev–Trinajstić information content (AvgIpc) is 2.39. The van der Waals surface area contributed by atoms with Crippen molar-refractivity contribution in [3.05, 3.63) is 24.3 Å². The average molecular weight is 244 g/mol. The quantitative estimate of drug-likeness (QED) is 0.819. The van der Waals surface area contributed by atoms with E-state index in [0.29, 0.717) is 0 Å². The second kappa shape index (κ2) is 5.77. The highest BCUT2D eigenvalue weighted by atomic mass is 16.5. The van der Waals surface area contributed by atoms with Crippen molar-refractivity contribution in [2.75, 3.05) is 18.0 Å². The molecule has 0 saturated carbocycles. The van der Waals surface area contributed by atoms with Crippen LogP contribution in [-0.4, -0.2) is 19.2 Å². The fourth-order valence-electron chi connectivity index (χ4n) is 2.37. The smallest absolute Gasteiger partial charge is 0.142 e. The van der Waals surface area contributed by atoms with Crippen LogP contribution in [0.3, 0.4) is 0 Å². The van der Waals surface area contributed by atoms with E-state index in [0.717, 1.165) is 37.4 Å². The maximum absolute atomic E-state index is 9.06. The molecular formula is C15H20N2O. The van der Waals surface area contributed by atoms with Crippen molar-refractivity contribution >= 4 is 5.69 Å². The standard InChI is InChI=1S/C15H20N2O/c1-12(2)18-15-8-4-3-7-14(15)17-9-5-6-13(10-16)11-17/h3-4,7-8,12-13H,5-6,9,11H2,1-2H3. The topological polar surface area (TPSA) is 36.3 Å². The lowest BCUT2D eigenvalue weighted by Gasteiger charge is -2.32. The van der Waals surface area contributed by atoms with Crippen LogP contribution in [0.2, 0.25) is 0 Å². The molecule has 0 spiro atoms. The highest BCUT2D eigenvalue weighted by molar-refractivity contribution is 5.58. The van der Waals surface area contributed by atoms with Gasteiger partial charge in [0.15, 0.2) is 0 Å². The van der Waals surface area contributed by atoms with E-state index in [4.69, 9.17) is 10.00 Å². The molecular weight excluding hydrogens is 224 g/mol. The third kappa shape index (κ3) is 2.95. The van der Waals surface area contributed by atoms with Gasteiger partial charge in [0.05, 0.1) is 23.8 Å². The SMILES string of the molecule is CC(C)Oc1ccccc1N1CCCC(C#N)C1. The Kier molecular flexibility index (Phi) is 4.09. The van der Waals surface area contributed by atoms with Crippen molar-refractivity contribution in [3.8, 4) is 11.8 Å². The van der Waals surface area contributed by atoms with Gasteiger partial charge in [-0.1, -0.05) is 12.1 Å². The minimum atomic E-state index is 0.144. The predicted molar refractivity (Wildman–Crippen MR) is 72.8 cm³/mol. The van der Waals surface area contributed by atoms with Crippen LogP contribution >= 0.6 is 0 Å². The molecule has 1 aliphatic rings. The largest absolute Gasteiger partial charge is 0.489 e. The Morgan fingerprint density at radius 1 is 1.39 bits per heavy atom. The van der Waals surface area contributed by atoms with Crippen LogP contribution in [0.5, 0.6) is 5.75 Å². The molecule has 1 aromatic carbocycles. The van der Waals surface area contributed by atoms with Crippen LogP contribution < -0.4 is 9.64 Å². The number of ether oxygens (including phenoxy) is 1. The summed E-state index contributed by atoms with van der Waals surface area (Å²) in [6, 6.07) is 10.5. The Morgan fingerprint density at radius 3 is 2.89 bits per heavy atom. The highest BCUT2D eigenvalue weighted by Crippen LogP contribution is 2.32. The first-order valence-corrected chi connectivity index (χ1v) is 6.61. The second-order valence-corrected chi connectivity index (χ2v) is 5.05. The van der Waals surface area contributed by atoms with Gasteiger partial charge in [0.1, 0.15) is 5.75 Å². The lowest BCUT2D eigenvalue weighted by molar-refractivity contribution is 0.242. The summed E-state index contributed by atoms with van der Waals surface area (Å²) in [6.07, 6.45) is 2.26. The molecule has 3 heteroatoms. The number of nitrogens with zero attached hydrogens (tertiary/aromatic N) is 2. The van der Waals surface area contributed by atoms with Crippen molar-refractivity contribution in [1.82, 2.24) is 0 Å². The summed E-state index contributed by atoms with van der Waals surface area (Å²) >= 11 is 0. The van der Waals surface area contributed by atoms with Gasteiger partial charge in [0.25, 0.3) is 0 Å². The molecule has 1 unspecified atom stereocenters. The molecule has 1 aliphatic heterocycles. The highest BCUT2D eigenvalue weighted by Gasteiger charge is 2.21. The molecule has 1 atom stereocenters. The molecule has 0 amide bonds. The van der Waals surface area contributed by atoms with Crippen LogP contribution in [-0.2, 0) is 0 Å². The van der Waals surface area contributed by atoms with E-state index in [9.17, 15) is 0 Å². The first-order chi connectivity index (χ1) is 8.70. The fourth-order valence-corrected chi connectivity index (χ4v) is 2.37. The van der Waals surface area contributed by atoms with E-state index >= 15 is 0 Å². The Labute approximate surface area is 109 Å². The zero-order chi connectivity index (χ0) is 13.0. The molecule has 2 rings (SSSR count). The summed E-state index contributed by atoms with van der Waals surface area (Å²) in [6.45, 7) is 5.89. The van der Waals surface area contributed by atoms with E-state index in [1.807, 2.05) is 32.0 Å². The third-order valence-electron chi connectivity index (χ3n) is 3.17. The minimum Gasteiger partial charge on any atom is -0.489 e. The summed E-state index contributed by atoms with van der Waals surface area (Å²) in [5.74, 6) is 1.07. The molecule has 1 heterocycles. The van der Waals surface area contributed by atoms with Crippen LogP contribution in [0.25, 0.3) is 0 Å². The maximum atomic E-state index is 9.06. The van der Waals surface area contributed by atoms with Crippen molar-refractivity contribution in [2.24, 2.45) is 5.92 Å². The Bertz CT molecular complexity index is 436. The number of hydrogen-bond donors (Lipinski definition) is 0. The molecule has 0 aromatic heterocycles. The van der Waals surface area contributed by atoms with Gasteiger partial charge in [-0.05, 0) is 38.8 Å². The van der Waals surface area contributed by atoms with Crippen LogP contribution in [0.1, 0.15) is 26.7 Å². The number of piperidine rings is 1. The van der Waals surface area contributed by atoms with Gasteiger partial charge in [0, 0.05) is 13.1 Å². The molecule has 0 bridgehead atoms. The monoisotopic (exact) mass is 244 g/mol. The minimum absolute atomic E-state index is 0.144. The van der Waals surface area contributed by atoms with Gasteiger partial charge >= 0.3 is 0 Å². The molecule has 0 radical (unpaired) electrons. The van der Waals surface area contributed by atoms with E-state index < -0.39 is 0 Å². The molecule has 18 heavy (non-hydrogen) atoms. The van der Waals surface area contributed by atoms with Gasteiger partial charge in [-0.3, -0.25) is 0 Å². The second-order valence-electron chi connectivity index (χ2n) is 5.05. The number of para-hydroxylation sites is 2. The summed E-state index contributed by atoms with van der Waals surface area (Å²) < 4.78 is 5.84. The summed E-state index contributed by atoms with van der Waals surface area (Å²) in [7, 11) is 0. The van der Waals surface area contributed by atoms with E-state index in [1.165, 1.54) is 0 Å². The molecule has 3 nitrogen and oxygen atoms in total. The normalized spacial score (nSPS) is 19.7. The zero-order valence-corrected chi connectivity index (χ0v) is 11.1. The predicted octanol–water partition coefficient (Wildman–Crippen LogP) is 3.21. The van der Waals surface area contributed by atoms with Gasteiger partial charge in [0.2, 0.25) is 0 Å². The Balaban J connectivity index is 2.19. The number of anilines is 1. The van der Waals surface area contributed by atoms with Gasteiger partial charge in [-0.2, -0.15) is 5.26 Å². The fraction of sp³-hybridized carbons (Fsp3) is 0.533. The lowest BCUT2D eigenvalue weighted by atomic mass is 9.99. The van der Waals surface area contributed by atoms with Crippen molar-refractivity contribution < 1.29 is 4.74 Å². The van der Waals surface area contributed by atoms with Gasteiger partial charge in [-0.25, -0.2) is 0 Å². The van der Waals surface area contributed by atoms with E-state index in [2.05, 4.69) is 17.0 Å². The van der Waals surface area contributed by atoms with Crippen molar-refractivity contribution in [2.45, 2.75) is 32.8 Å². The van der Waals surface area contributed by atoms with Crippen molar-refractivity contribution in [1.29, 1.82) is 5.26 Å². The molecule has 1 aromatic rings. The van der Waals surface area contributed by atoms with Crippen molar-refractivity contribution in [3.63, 3.8) is 0 Å². The number of hydrogen-bond acceptors (Lipinski definition) is 3. The Hall–Kier alpha value is -1.69. The van der Waals surface area contributed by atoms with Crippen LogP contribution in [0.15, 0.2) is 24.3 Å². The van der Waals surface area contributed by atoms with Crippen LogP contribution in [0.4, 0.5) is 5.69 Å². The van der Waals surface area contributed by atoms with Gasteiger partial charge in [-0.15, -0.1) is 0 Å². The summed E-state index contributed by atoms with van der Waals surface area (Å²) in [5.41, 5.74) is 1.12. The van der Waals surface area contributed by atoms with Crippen LogP contribution in [0, 0.1) is 17.2 Å². The van der Waals surface area contributed by atoms with E-state index in [-0.39, 0.29) is 12.0 Å². The lowest BCUT2D eigenvalue weighted by Crippen LogP contribution is -2.35.